The molecule has 0 radical (unpaired) electrons. The number of rotatable bonds is 11. The molecule has 1 aliphatic heterocycles. The second-order valence-corrected chi connectivity index (χ2v) is 8.44. The van der Waals surface area contributed by atoms with Gasteiger partial charge < -0.3 is 14.2 Å². The monoisotopic (exact) mass is 444 g/mol. The normalized spacial score (nSPS) is 22.8. The highest BCUT2D eigenvalue weighted by Crippen LogP contribution is 2.31. The van der Waals surface area contributed by atoms with Crippen LogP contribution in [0.5, 0.6) is 0 Å². The summed E-state index contributed by atoms with van der Waals surface area (Å²) < 4.78 is 45.2. The quantitative estimate of drug-likeness (QED) is 0.183. The summed E-state index contributed by atoms with van der Waals surface area (Å²) in [6.45, 7) is 14.9. The Morgan fingerprint density at radius 2 is 1.74 bits per heavy atom. The first-order valence-electron chi connectivity index (χ1n) is 11.9. The Morgan fingerprint density at radius 3 is 2.23 bits per heavy atom. The van der Waals surface area contributed by atoms with Gasteiger partial charge in [0, 0.05) is 5.92 Å². The largest absolute Gasteiger partial charge is 0.498 e. The third-order valence-electron chi connectivity index (χ3n) is 5.50. The van der Waals surface area contributed by atoms with Gasteiger partial charge in [0.1, 0.15) is 5.76 Å². The predicted molar refractivity (Wildman–Crippen MR) is 126 cm³/mol. The molecule has 0 bridgehead atoms. The number of halogens is 2. The first-order valence-corrected chi connectivity index (χ1v) is 11.9. The molecule has 1 saturated heterocycles. The van der Waals surface area contributed by atoms with E-state index in [0.29, 0.717) is 24.5 Å². The van der Waals surface area contributed by atoms with Gasteiger partial charge in [0.05, 0.1) is 32.5 Å². The van der Waals surface area contributed by atoms with Crippen molar-refractivity contribution in [2.75, 3.05) is 20.3 Å². The van der Waals surface area contributed by atoms with Crippen molar-refractivity contribution >= 4 is 0 Å². The lowest BCUT2D eigenvalue weighted by atomic mass is 9.91. The Balaban J connectivity index is 0.00000282. The molecule has 0 spiro atoms. The zero-order chi connectivity index (χ0) is 23.8. The van der Waals surface area contributed by atoms with E-state index in [2.05, 4.69) is 19.9 Å². The lowest BCUT2D eigenvalue weighted by Crippen LogP contribution is -2.28. The maximum atomic E-state index is 14.5. The Bertz CT molecular complexity index is 561. The highest BCUT2D eigenvalue weighted by molar-refractivity contribution is 5.28. The molecular formula is C26H46F2O3. The third-order valence-corrected chi connectivity index (χ3v) is 5.50. The lowest BCUT2D eigenvalue weighted by Gasteiger charge is -2.28. The van der Waals surface area contributed by atoms with Crippen molar-refractivity contribution in [1.82, 2.24) is 0 Å². The fourth-order valence-electron chi connectivity index (χ4n) is 3.47. The molecule has 1 heterocycles. The Morgan fingerprint density at radius 1 is 1.10 bits per heavy atom. The molecule has 5 heteroatoms. The number of methoxy groups -OCH3 is 1. The first-order chi connectivity index (χ1) is 14.7. The van der Waals surface area contributed by atoms with E-state index in [1.165, 1.54) is 20.5 Å². The van der Waals surface area contributed by atoms with Gasteiger partial charge in [0.25, 0.3) is 0 Å². The smallest absolute Gasteiger partial charge is 0.195 e. The van der Waals surface area contributed by atoms with Crippen molar-refractivity contribution in [3.8, 4) is 0 Å². The van der Waals surface area contributed by atoms with Gasteiger partial charge in [-0.15, -0.1) is 0 Å². The van der Waals surface area contributed by atoms with Crippen molar-refractivity contribution in [2.45, 2.75) is 99.2 Å². The summed E-state index contributed by atoms with van der Waals surface area (Å²) >= 11 is 0. The zero-order valence-corrected chi connectivity index (χ0v) is 21.1. The van der Waals surface area contributed by atoms with Gasteiger partial charge in [-0.3, -0.25) is 0 Å². The van der Waals surface area contributed by atoms with Crippen LogP contribution in [0.15, 0.2) is 35.1 Å². The molecule has 0 N–H and O–H groups in total. The number of ether oxygens (including phenoxy) is 3. The predicted octanol–water partition coefficient (Wildman–Crippen LogP) is 8.08. The summed E-state index contributed by atoms with van der Waals surface area (Å²) in [7, 11) is 1.34. The molecule has 0 amide bonds. The van der Waals surface area contributed by atoms with Crippen LogP contribution in [0.1, 0.15) is 87.0 Å². The van der Waals surface area contributed by atoms with E-state index in [0.717, 1.165) is 32.3 Å². The maximum Gasteiger partial charge on any atom is 0.195 e. The third kappa shape index (κ3) is 11.8. The van der Waals surface area contributed by atoms with Gasteiger partial charge in [-0.25, -0.2) is 8.78 Å². The molecular weight excluding hydrogens is 398 g/mol. The van der Waals surface area contributed by atoms with E-state index in [9.17, 15) is 8.78 Å². The van der Waals surface area contributed by atoms with Crippen LogP contribution in [-0.2, 0) is 14.2 Å². The van der Waals surface area contributed by atoms with Crippen LogP contribution in [0.3, 0.4) is 0 Å². The Hall–Kier alpha value is -1.20. The Labute approximate surface area is 189 Å². The number of allylic oxidation sites excluding steroid dienone is 5. The van der Waals surface area contributed by atoms with Gasteiger partial charge in [0.15, 0.2) is 11.7 Å². The van der Waals surface area contributed by atoms with Crippen molar-refractivity contribution < 1.29 is 23.0 Å². The van der Waals surface area contributed by atoms with Gasteiger partial charge in [0.2, 0.25) is 0 Å². The van der Waals surface area contributed by atoms with Crippen molar-refractivity contribution in [3.63, 3.8) is 0 Å². The van der Waals surface area contributed by atoms with E-state index < -0.39 is 11.7 Å². The van der Waals surface area contributed by atoms with Crippen molar-refractivity contribution in [2.24, 2.45) is 11.8 Å². The highest BCUT2D eigenvalue weighted by atomic mass is 19.2. The summed E-state index contributed by atoms with van der Waals surface area (Å²) in [6, 6.07) is 0. The number of hydrogen-bond acceptors (Lipinski definition) is 3. The van der Waals surface area contributed by atoms with Crippen LogP contribution in [0.25, 0.3) is 0 Å². The van der Waals surface area contributed by atoms with E-state index in [1.54, 1.807) is 0 Å². The Kier molecular flexibility index (Phi) is 16.7. The summed E-state index contributed by atoms with van der Waals surface area (Å²) in [6.07, 6.45) is 9.88. The average Bonchev–Trinajstić information content (AvgIpc) is 2.77. The second kappa shape index (κ2) is 17.4. The van der Waals surface area contributed by atoms with E-state index in [1.807, 2.05) is 33.8 Å². The molecule has 0 aliphatic carbocycles. The standard InChI is InChI=1S/C23H38F2O3.C3H8/c1-7-9-20-13-12-19(15-28-20)14-27-17(4)11-10-16(3)21(8-2)23(25)22(24)18(5)26-6;1-3-2/h7,9,16-17,19-20H,8,10-15H2,1-6H3;3H2,1-2H3/b9-7+,22-18-,23-21-;. The molecule has 3 nitrogen and oxygen atoms in total. The molecule has 182 valence electrons. The minimum atomic E-state index is -0.899. The van der Waals surface area contributed by atoms with Crippen LogP contribution in [-0.4, -0.2) is 32.5 Å². The molecule has 0 saturated carbocycles. The summed E-state index contributed by atoms with van der Waals surface area (Å²) in [5.41, 5.74) is 0.497. The molecule has 31 heavy (non-hydrogen) atoms. The van der Waals surface area contributed by atoms with Gasteiger partial charge >= 0.3 is 0 Å². The summed E-state index contributed by atoms with van der Waals surface area (Å²) in [5.74, 6) is -1.33. The van der Waals surface area contributed by atoms with Gasteiger partial charge in [-0.2, -0.15) is 0 Å². The molecule has 0 aromatic carbocycles. The van der Waals surface area contributed by atoms with Gasteiger partial charge in [-0.1, -0.05) is 46.3 Å². The van der Waals surface area contributed by atoms with Crippen LogP contribution < -0.4 is 0 Å². The SMILES string of the molecule is C/C=C/C1CCC(COC(C)CCC(C)/C(CC)=C(F)/C(F)=C(\C)OC)CO1.CCC. The topological polar surface area (TPSA) is 27.7 Å². The number of hydrogen-bond donors (Lipinski definition) is 0. The average molecular weight is 445 g/mol. The summed E-state index contributed by atoms with van der Waals surface area (Å²) in [4.78, 5) is 0. The van der Waals surface area contributed by atoms with E-state index >= 15 is 0 Å². The summed E-state index contributed by atoms with van der Waals surface area (Å²) in [5, 5.41) is 0. The van der Waals surface area contributed by atoms with E-state index in [4.69, 9.17) is 14.2 Å². The molecule has 4 unspecified atom stereocenters. The maximum absolute atomic E-state index is 14.5. The minimum Gasteiger partial charge on any atom is -0.498 e. The molecule has 0 aromatic rings. The fourth-order valence-corrected chi connectivity index (χ4v) is 3.47. The second-order valence-electron chi connectivity index (χ2n) is 8.44. The van der Waals surface area contributed by atoms with E-state index in [-0.39, 0.29) is 23.9 Å². The zero-order valence-electron chi connectivity index (χ0n) is 21.1. The highest BCUT2D eigenvalue weighted by Gasteiger charge is 2.22. The van der Waals surface area contributed by atoms with Crippen LogP contribution >= 0.6 is 0 Å². The minimum absolute atomic E-state index is 0.0290. The fraction of sp³-hybridized carbons (Fsp3) is 0.769. The first kappa shape index (κ1) is 29.8. The van der Waals surface area contributed by atoms with Crippen LogP contribution in [0, 0.1) is 11.8 Å². The molecule has 4 atom stereocenters. The molecule has 1 aliphatic rings. The van der Waals surface area contributed by atoms with Crippen molar-refractivity contribution in [1.29, 1.82) is 0 Å². The van der Waals surface area contributed by atoms with Crippen LogP contribution in [0.4, 0.5) is 8.78 Å². The molecule has 1 fully saturated rings. The van der Waals surface area contributed by atoms with Crippen molar-refractivity contribution in [3.05, 3.63) is 35.1 Å². The van der Waals surface area contributed by atoms with Gasteiger partial charge in [-0.05, 0) is 64.4 Å². The molecule has 1 rings (SSSR count). The van der Waals surface area contributed by atoms with Crippen LogP contribution in [0.2, 0.25) is 0 Å². The molecule has 0 aromatic heterocycles. The lowest BCUT2D eigenvalue weighted by molar-refractivity contribution is -0.0402.